The monoisotopic (exact) mass is 270 g/mol. The van der Waals surface area contributed by atoms with E-state index in [1.54, 1.807) is 4.90 Å². The van der Waals surface area contributed by atoms with Crippen LogP contribution in [0.4, 0.5) is 10.1 Å². The van der Waals surface area contributed by atoms with E-state index < -0.39 is 5.95 Å². The first-order valence-corrected chi connectivity index (χ1v) is 6.68. The molecule has 102 valence electrons. The van der Waals surface area contributed by atoms with Crippen molar-refractivity contribution in [3.63, 3.8) is 0 Å². The van der Waals surface area contributed by atoms with Crippen molar-refractivity contribution in [2.75, 3.05) is 11.4 Å². The molecular formula is C16H15FN2O. The number of pyridine rings is 1. The number of anilines is 1. The van der Waals surface area contributed by atoms with Crippen molar-refractivity contribution in [1.82, 2.24) is 4.98 Å². The minimum Gasteiger partial charge on any atom is -0.308 e. The van der Waals surface area contributed by atoms with Gasteiger partial charge in [-0.1, -0.05) is 17.7 Å². The van der Waals surface area contributed by atoms with Gasteiger partial charge in [-0.25, -0.2) is 4.98 Å². The zero-order valence-electron chi connectivity index (χ0n) is 11.3. The third-order valence-electron chi connectivity index (χ3n) is 3.57. The van der Waals surface area contributed by atoms with Crippen LogP contribution in [0.25, 0.3) is 0 Å². The number of hydrogen-bond acceptors (Lipinski definition) is 2. The van der Waals surface area contributed by atoms with E-state index in [1.807, 2.05) is 19.1 Å². The summed E-state index contributed by atoms with van der Waals surface area (Å²) in [6, 6.07) is 8.81. The summed E-state index contributed by atoms with van der Waals surface area (Å²) in [6.45, 7) is 2.73. The number of nitrogens with zero attached hydrogens (tertiary/aromatic N) is 2. The number of carbonyl (C=O) groups is 1. The highest BCUT2D eigenvalue weighted by molar-refractivity contribution is 6.06. The van der Waals surface area contributed by atoms with Crippen molar-refractivity contribution < 1.29 is 9.18 Å². The van der Waals surface area contributed by atoms with Crippen molar-refractivity contribution in [2.24, 2.45) is 0 Å². The number of aryl methyl sites for hydroxylation is 2. The molecule has 1 aromatic carbocycles. The topological polar surface area (TPSA) is 33.2 Å². The average Bonchev–Trinajstić information content (AvgIpc) is 2.46. The number of hydrogen-bond donors (Lipinski definition) is 0. The Labute approximate surface area is 117 Å². The molecule has 3 rings (SSSR count). The quantitative estimate of drug-likeness (QED) is 0.746. The molecule has 0 bridgehead atoms. The van der Waals surface area contributed by atoms with Crippen LogP contribution in [0.5, 0.6) is 0 Å². The van der Waals surface area contributed by atoms with Gasteiger partial charge in [0.05, 0.1) is 5.56 Å². The molecule has 0 unspecified atom stereocenters. The minimum absolute atomic E-state index is 0.123. The summed E-state index contributed by atoms with van der Waals surface area (Å²) < 4.78 is 12.8. The first kappa shape index (κ1) is 12.8. The van der Waals surface area contributed by atoms with E-state index in [0.29, 0.717) is 12.1 Å². The summed E-state index contributed by atoms with van der Waals surface area (Å²) in [6.07, 6.45) is 3.22. The molecule has 4 heteroatoms. The maximum absolute atomic E-state index is 12.8. The third kappa shape index (κ3) is 2.29. The van der Waals surface area contributed by atoms with Gasteiger partial charge < -0.3 is 4.90 Å². The van der Waals surface area contributed by atoms with Gasteiger partial charge in [0.15, 0.2) is 0 Å². The largest absolute Gasteiger partial charge is 0.308 e. The molecule has 0 aliphatic carbocycles. The lowest BCUT2D eigenvalue weighted by Gasteiger charge is -2.29. The molecule has 0 saturated heterocycles. The van der Waals surface area contributed by atoms with Crippen LogP contribution in [0.3, 0.4) is 0 Å². The van der Waals surface area contributed by atoms with Gasteiger partial charge in [0.25, 0.3) is 5.91 Å². The second-order valence-corrected chi connectivity index (χ2v) is 5.06. The fourth-order valence-corrected chi connectivity index (χ4v) is 2.60. The van der Waals surface area contributed by atoms with E-state index in [1.165, 1.54) is 29.5 Å². The average molecular weight is 270 g/mol. The normalized spacial score (nSPS) is 14.0. The Hall–Kier alpha value is -2.23. The van der Waals surface area contributed by atoms with Gasteiger partial charge in [0, 0.05) is 18.4 Å². The van der Waals surface area contributed by atoms with E-state index in [0.717, 1.165) is 18.5 Å². The van der Waals surface area contributed by atoms with E-state index in [2.05, 4.69) is 11.1 Å². The van der Waals surface area contributed by atoms with E-state index in [4.69, 9.17) is 0 Å². The van der Waals surface area contributed by atoms with Crippen LogP contribution in [0.1, 0.15) is 27.9 Å². The van der Waals surface area contributed by atoms with Gasteiger partial charge in [-0.3, -0.25) is 4.79 Å². The van der Waals surface area contributed by atoms with Crippen LogP contribution in [0.15, 0.2) is 36.5 Å². The lowest BCUT2D eigenvalue weighted by molar-refractivity contribution is 0.0984. The van der Waals surface area contributed by atoms with Crippen molar-refractivity contribution >= 4 is 11.6 Å². The minimum atomic E-state index is -0.573. The van der Waals surface area contributed by atoms with Crippen LogP contribution >= 0.6 is 0 Å². The predicted octanol–water partition coefficient (Wildman–Crippen LogP) is 3.12. The second-order valence-electron chi connectivity index (χ2n) is 5.06. The molecule has 0 saturated carbocycles. The third-order valence-corrected chi connectivity index (χ3v) is 3.57. The fraction of sp³-hybridized carbons (Fsp3) is 0.250. The van der Waals surface area contributed by atoms with Crippen molar-refractivity contribution in [2.45, 2.75) is 19.8 Å². The zero-order valence-corrected chi connectivity index (χ0v) is 11.3. The molecule has 1 aliphatic heterocycles. The summed E-state index contributed by atoms with van der Waals surface area (Å²) in [5, 5.41) is 0. The Bertz CT molecular complexity index is 652. The zero-order chi connectivity index (χ0) is 14.1. The summed E-state index contributed by atoms with van der Waals surface area (Å²) in [4.78, 5) is 17.8. The molecule has 1 amide bonds. The fourth-order valence-electron chi connectivity index (χ4n) is 2.60. The van der Waals surface area contributed by atoms with E-state index in [-0.39, 0.29) is 5.91 Å². The molecule has 0 fully saturated rings. The maximum atomic E-state index is 12.8. The molecule has 0 radical (unpaired) electrons. The molecule has 3 nitrogen and oxygen atoms in total. The predicted molar refractivity (Wildman–Crippen MR) is 75.4 cm³/mol. The summed E-state index contributed by atoms with van der Waals surface area (Å²) in [5.74, 6) is -0.696. The Morgan fingerprint density at radius 2 is 2.15 bits per heavy atom. The molecule has 0 atom stereocenters. The SMILES string of the molecule is Cc1ccc2c(c1)CCCN2C(=O)c1ccc(F)nc1. The molecule has 20 heavy (non-hydrogen) atoms. The number of benzene rings is 1. The molecular weight excluding hydrogens is 255 g/mol. The number of amides is 1. The number of rotatable bonds is 1. The number of carbonyl (C=O) groups excluding carboxylic acids is 1. The highest BCUT2D eigenvalue weighted by atomic mass is 19.1. The van der Waals surface area contributed by atoms with E-state index in [9.17, 15) is 9.18 Å². The molecule has 1 aromatic heterocycles. The molecule has 2 heterocycles. The van der Waals surface area contributed by atoms with Crippen molar-refractivity contribution in [1.29, 1.82) is 0 Å². The highest BCUT2D eigenvalue weighted by Crippen LogP contribution is 2.29. The van der Waals surface area contributed by atoms with Crippen LogP contribution in [-0.2, 0) is 6.42 Å². The van der Waals surface area contributed by atoms with Crippen molar-refractivity contribution in [3.8, 4) is 0 Å². The standard InChI is InChI=1S/C16H15FN2O/c1-11-4-6-14-12(9-11)3-2-8-19(14)16(20)13-5-7-15(17)18-10-13/h4-7,9-10H,2-3,8H2,1H3. The smallest absolute Gasteiger partial charge is 0.259 e. The van der Waals surface area contributed by atoms with Gasteiger partial charge >= 0.3 is 0 Å². The number of aromatic nitrogens is 1. The molecule has 1 aliphatic rings. The molecule has 0 N–H and O–H groups in total. The summed E-state index contributed by atoms with van der Waals surface area (Å²) in [7, 11) is 0. The Balaban J connectivity index is 1.96. The van der Waals surface area contributed by atoms with Gasteiger partial charge in [-0.15, -0.1) is 0 Å². The van der Waals surface area contributed by atoms with Crippen LogP contribution in [0.2, 0.25) is 0 Å². The maximum Gasteiger partial charge on any atom is 0.259 e. The van der Waals surface area contributed by atoms with Crippen LogP contribution in [0, 0.1) is 12.9 Å². The number of fused-ring (bicyclic) bond motifs is 1. The number of halogens is 1. The summed E-state index contributed by atoms with van der Waals surface area (Å²) >= 11 is 0. The van der Waals surface area contributed by atoms with Crippen LogP contribution < -0.4 is 4.90 Å². The lowest BCUT2D eigenvalue weighted by atomic mass is 9.99. The first-order valence-electron chi connectivity index (χ1n) is 6.68. The van der Waals surface area contributed by atoms with Gasteiger partial charge in [0.1, 0.15) is 0 Å². The van der Waals surface area contributed by atoms with Gasteiger partial charge in [-0.2, -0.15) is 4.39 Å². The molecule has 0 spiro atoms. The summed E-state index contributed by atoms with van der Waals surface area (Å²) in [5.41, 5.74) is 3.76. The Kier molecular flexibility index (Phi) is 3.22. The highest BCUT2D eigenvalue weighted by Gasteiger charge is 2.23. The van der Waals surface area contributed by atoms with Crippen LogP contribution in [-0.4, -0.2) is 17.4 Å². The van der Waals surface area contributed by atoms with E-state index >= 15 is 0 Å². The van der Waals surface area contributed by atoms with Gasteiger partial charge in [0.2, 0.25) is 5.95 Å². The second kappa shape index (κ2) is 5.04. The Morgan fingerprint density at radius 3 is 2.90 bits per heavy atom. The Morgan fingerprint density at radius 1 is 1.30 bits per heavy atom. The first-order chi connectivity index (χ1) is 9.65. The molecule has 2 aromatic rings. The van der Waals surface area contributed by atoms with Gasteiger partial charge in [-0.05, 0) is 43.5 Å². The van der Waals surface area contributed by atoms with Crippen molar-refractivity contribution in [3.05, 3.63) is 59.2 Å². The lowest BCUT2D eigenvalue weighted by Crippen LogP contribution is -2.35.